The monoisotopic (exact) mass is 187 g/mol. The van der Waals surface area contributed by atoms with E-state index < -0.39 is 0 Å². The Bertz CT molecular complexity index is 146. The summed E-state index contributed by atoms with van der Waals surface area (Å²) in [6, 6.07) is 0. The molecule has 1 N–H and O–H groups in total. The summed E-state index contributed by atoms with van der Waals surface area (Å²) in [6.45, 7) is 7.18. The van der Waals surface area contributed by atoms with Crippen molar-refractivity contribution in [1.82, 2.24) is 5.32 Å². The van der Waals surface area contributed by atoms with Crippen LogP contribution < -0.4 is 5.32 Å². The van der Waals surface area contributed by atoms with Crippen LogP contribution in [0.15, 0.2) is 0 Å². The molecule has 1 atom stereocenters. The highest BCUT2D eigenvalue weighted by Gasteiger charge is 2.06. The predicted octanol–water partition coefficient (Wildman–Crippen LogP) is 2.41. The molecule has 13 heavy (non-hydrogen) atoms. The summed E-state index contributed by atoms with van der Waals surface area (Å²) in [5.41, 5.74) is 0. The molecule has 0 aromatic rings. The van der Waals surface area contributed by atoms with E-state index in [1.165, 1.54) is 0 Å². The summed E-state index contributed by atoms with van der Waals surface area (Å²) in [6.07, 6.45) is 1.73. The van der Waals surface area contributed by atoms with Crippen LogP contribution in [-0.2, 0) is 4.74 Å². The van der Waals surface area contributed by atoms with Crippen LogP contribution in [-0.4, -0.2) is 19.7 Å². The third kappa shape index (κ3) is 6.43. The van der Waals surface area contributed by atoms with Crippen LogP contribution in [0.4, 0.5) is 4.79 Å². The van der Waals surface area contributed by atoms with E-state index in [1.54, 1.807) is 7.05 Å². The van der Waals surface area contributed by atoms with Crippen molar-refractivity contribution in [2.75, 3.05) is 13.7 Å². The molecule has 0 aromatic heterocycles. The maximum atomic E-state index is 10.7. The van der Waals surface area contributed by atoms with E-state index in [-0.39, 0.29) is 6.09 Å². The molecule has 1 amide bonds. The average molecular weight is 187 g/mol. The number of carbonyl (C=O) groups excluding carboxylic acids is 1. The van der Waals surface area contributed by atoms with Gasteiger partial charge in [0.2, 0.25) is 0 Å². The number of carbonyl (C=O) groups is 1. The standard InChI is InChI=1S/C10H21NO2/c1-8(2)9(3)6-5-7-13-10(12)11-4/h8-9H,5-7H2,1-4H3,(H,11,12). The summed E-state index contributed by atoms with van der Waals surface area (Å²) in [7, 11) is 1.57. The Balaban J connectivity index is 3.30. The third-order valence-corrected chi connectivity index (χ3v) is 2.38. The smallest absolute Gasteiger partial charge is 0.406 e. The number of nitrogens with one attached hydrogen (secondary N) is 1. The molecule has 0 fully saturated rings. The highest BCUT2D eigenvalue weighted by Crippen LogP contribution is 2.15. The fourth-order valence-electron chi connectivity index (χ4n) is 0.976. The Kier molecular flexibility index (Phi) is 6.37. The van der Waals surface area contributed by atoms with Crippen LogP contribution in [0, 0.1) is 11.8 Å². The zero-order valence-corrected chi connectivity index (χ0v) is 9.09. The molecular formula is C10H21NO2. The van der Waals surface area contributed by atoms with Crippen molar-refractivity contribution in [1.29, 1.82) is 0 Å². The maximum Gasteiger partial charge on any atom is 0.406 e. The van der Waals surface area contributed by atoms with Gasteiger partial charge in [0.05, 0.1) is 6.61 Å². The van der Waals surface area contributed by atoms with Gasteiger partial charge in [-0.05, 0) is 24.7 Å². The van der Waals surface area contributed by atoms with Gasteiger partial charge >= 0.3 is 6.09 Å². The molecule has 0 saturated carbocycles. The van der Waals surface area contributed by atoms with Crippen molar-refractivity contribution in [2.45, 2.75) is 33.6 Å². The Morgan fingerprint density at radius 1 is 1.38 bits per heavy atom. The minimum Gasteiger partial charge on any atom is -0.450 e. The molecule has 0 radical (unpaired) electrons. The summed E-state index contributed by atoms with van der Waals surface area (Å²) in [5, 5.41) is 2.41. The van der Waals surface area contributed by atoms with E-state index in [2.05, 4.69) is 26.1 Å². The summed E-state index contributed by atoms with van der Waals surface area (Å²) < 4.78 is 4.87. The zero-order chi connectivity index (χ0) is 10.3. The minimum atomic E-state index is -0.336. The predicted molar refractivity (Wildman–Crippen MR) is 53.6 cm³/mol. The van der Waals surface area contributed by atoms with E-state index >= 15 is 0 Å². The largest absolute Gasteiger partial charge is 0.450 e. The first-order chi connectivity index (χ1) is 6.07. The second-order valence-electron chi connectivity index (χ2n) is 3.75. The number of ether oxygens (including phenoxy) is 1. The molecule has 0 aromatic carbocycles. The van der Waals surface area contributed by atoms with Gasteiger partial charge in [-0.3, -0.25) is 0 Å². The SMILES string of the molecule is CNC(=O)OCCCC(C)C(C)C. The number of hydrogen-bond acceptors (Lipinski definition) is 2. The lowest BCUT2D eigenvalue weighted by Gasteiger charge is -2.14. The summed E-state index contributed by atoms with van der Waals surface area (Å²) in [5.74, 6) is 1.41. The molecule has 0 aliphatic carbocycles. The number of alkyl carbamates (subject to hydrolysis) is 1. The molecule has 1 unspecified atom stereocenters. The lowest BCUT2D eigenvalue weighted by molar-refractivity contribution is 0.143. The van der Waals surface area contributed by atoms with Gasteiger partial charge in [-0.25, -0.2) is 4.79 Å². The average Bonchev–Trinajstić information content (AvgIpc) is 2.11. The van der Waals surface area contributed by atoms with E-state index in [1.807, 2.05) is 0 Å². The topological polar surface area (TPSA) is 38.3 Å². The quantitative estimate of drug-likeness (QED) is 0.671. The molecule has 0 bridgehead atoms. The van der Waals surface area contributed by atoms with Crippen LogP contribution in [0.5, 0.6) is 0 Å². The third-order valence-electron chi connectivity index (χ3n) is 2.38. The van der Waals surface area contributed by atoms with E-state index in [0.29, 0.717) is 18.4 Å². The van der Waals surface area contributed by atoms with Crippen LogP contribution >= 0.6 is 0 Å². The van der Waals surface area contributed by atoms with Crippen molar-refractivity contribution >= 4 is 6.09 Å². The molecule has 0 rings (SSSR count). The highest BCUT2D eigenvalue weighted by atomic mass is 16.5. The van der Waals surface area contributed by atoms with Gasteiger partial charge in [-0.2, -0.15) is 0 Å². The number of amides is 1. The number of hydrogen-bond donors (Lipinski definition) is 1. The zero-order valence-electron chi connectivity index (χ0n) is 9.09. The van der Waals surface area contributed by atoms with Crippen molar-refractivity contribution in [3.05, 3.63) is 0 Å². The molecule has 78 valence electrons. The first-order valence-corrected chi connectivity index (χ1v) is 4.92. The van der Waals surface area contributed by atoms with Crippen LogP contribution in [0.25, 0.3) is 0 Å². The minimum absolute atomic E-state index is 0.336. The lowest BCUT2D eigenvalue weighted by atomic mass is 9.93. The van der Waals surface area contributed by atoms with Gasteiger partial charge in [0.1, 0.15) is 0 Å². The molecule has 0 saturated heterocycles. The van der Waals surface area contributed by atoms with Gasteiger partial charge in [0.15, 0.2) is 0 Å². The first-order valence-electron chi connectivity index (χ1n) is 4.92. The van der Waals surface area contributed by atoms with Crippen molar-refractivity contribution in [2.24, 2.45) is 11.8 Å². The molecular weight excluding hydrogens is 166 g/mol. The highest BCUT2D eigenvalue weighted by molar-refractivity contribution is 5.66. The van der Waals surface area contributed by atoms with Crippen molar-refractivity contribution < 1.29 is 9.53 Å². The molecule has 3 nitrogen and oxygen atoms in total. The maximum absolute atomic E-state index is 10.7. The van der Waals surface area contributed by atoms with Gasteiger partial charge in [-0.15, -0.1) is 0 Å². The van der Waals surface area contributed by atoms with Crippen LogP contribution in [0.1, 0.15) is 33.6 Å². The van der Waals surface area contributed by atoms with Gasteiger partial charge < -0.3 is 10.1 Å². The summed E-state index contributed by atoms with van der Waals surface area (Å²) >= 11 is 0. The van der Waals surface area contributed by atoms with Crippen molar-refractivity contribution in [3.63, 3.8) is 0 Å². The van der Waals surface area contributed by atoms with Crippen molar-refractivity contribution in [3.8, 4) is 0 Å². The lowest BCUT2D eigenvalue weighted by Crippen LogP contribution is -2.20. The number of rotatable bonds is 5. The van der Waals surface area contributed by atoms with E-state index in [0.717, 1.165) is 12.8 Å². The molecule has 0 aliphatic heterocycles. The molecule has 0 heterocycles. The molecule has 0 aliphatic rings. The molecule has 0 spiro atoms. The Morgan fingerprint density at radius 3 is 2.46 bits per heavy atom. The van der Waals surface area contributed by atoms with E-state index in [4.69, 9.17) is 4.74 Å². The molecule has 3 heteroatoms. The van der Waals surface area contributed by atoms with Gasteiger partial charge in [-0.1, -0.05) is 20.8 Å². The van der Waals surface area contributed by atoms with E-state index in [9.17, 15) is 4.79 Å². The Labute approximate surface area is 80.8 Å². The fraction of sp³-hybridized carbons (Fsp3) is 0.900. The van der Waals surface area contributed by atoms with Crippen LogP contribution in [0.3, 0.4) is 0 Å². The van der Waals surface area contributed by atoms with Gasteiger partial charge in [0, 0.05) is 7.05 Å². The Morgan fingerprint density at radius 2 is 2.00 bits per heavy atom. The normalized spacial score (nSPS) is 12.7. The second-order valence-corrected chi connectivity index (χ2v) is 3.75. The summed E-state index contributed by atoms with van der Waals surface area (Å²) in [4.78, 5) is 10.7. The van der Waals surface area contributed by atoms with Crippen LogP contribution in [0.2, 0.25) is 0 Å². The fourth-order valence-corrected chi connectivity index (χ4v) is 0.976. The van der Waals surface area contributed by atoms with Gasteiger partial charge in [0.25, 0.3) is 0 Å². The Hall–Kier alpha value is -0.730. The first kappa shape index (κ1) is 12.3. The second kappa shape index (κ2) is 6.75.